The number of hydrogen-bond donors (Lipinski definition) is 0. The molecule has 1 aliphatic rings. The van der Waals surface area contributed by atoms with Crippen molar-refractivity contribution in [2.75, 3.05) is 0 Å². The van der Waals surface area contributed by atoms with E-state index in [4.69, 9.17) is 0 Å². The summed E-state index contributed by atoms with van der Waals surface area (Å²) in [6.07, 6.45) is 0. The SMILES string of the molecule is Cc1ccc(C)c2c1C(=O)n1c-2nc2ccccc21. The predicted octanol–water partition coefficient (Wildman–Crippen LogP) is 3.32. The lowest BCUT2D eigenvalue weighted by molar-refractivity contribution is 0.0973. The van der Waals surface area contributed by atoms with Gasteiger partial charge in [0, 0.05) is 5.56 Å². The molecule has 1 aromatic heterocycles. The van der Waals surface area contributed by atoms with Gasteiger partial charge in [0.05, 0.1) is 16.6 Å². The van der Waals surface area contributed by atoms with Gasteiger partial charge in [0.1, 0.15) is 5.82 Å². The van der Waals surface area contributed by atoms with Gasteiger partial charge in [0.15, 0.2) is 0 Å². The van der Waals surface area contributed by atoms with Crippen molar-refractivity contribution in [1.82, 2.24) is 9.55 Å². The van der Waals surface area contributed by atoms with Crippen LogP contribution in [0.15, 0.2) is 36.4 Å². The number of carbonyl (C=O) groups is 1. The van der Waals surface area contributed by atoms with Gasteiger partial charge in [-0.1, -0.05) is 24.3 Å². The van der Waals surface area contributed by atoms with Crippen molar-refractivity contribution in [1.29, 1.82) is 0 Å². The number of rotatable bonds is 0. The van der Waals surface area contributed by atoms with Crippen molar-refractivity contribution in [3.8, 4) is 11.4 Å². The first-order valence-electron chi connectivity index (χ1n) is 6.31. The third-order valence-electron chi connectivity index (χ3n) is 3.82. The quantitative estimate of drug-likeness (QED) is 0.478. The molecular formula is C16H12N2O. The summed E-state index contributed by atoms with van der Waals surface area (Å²) < 4.78 is 1.74. The van der Waals surface area contributed by atoms with Crippen LogP contribution in [0.5, 0.6) is 0 Å². The topological polar surface area (TPSA) is 34.9 Å². The molecule has 0 N–H and O–H groups in total. The molecule has 0 radical (unpaired) electrons. The number of aryl methyl sites for hydroxylation is 2. The van der Waals surface area contributed by atoms with Crippen LogP contribution in [0.2, 0.25) is 0 Å². The van der Waals surface area contributed by atoms with Gasteiger partial charge in [-0.2, -0.15) is 0 Å². The van der Waals surface area contributed by atoms with Crippen molar-refractivity contribution in [3.63, 3.8) is 0 Å². The fourth-order valence-electron chi connectivity index (χ4n) is 2.89. The summed E-state index contributed by atoms with van der Waals surface area (Å²) in [6.45, 7) is 4.01. The average Bonchev–Trinajstić information content (AvgIpc) is 2.91. The molecule has 0 atom stereocenters. The molecule has 0 saturated carbocycles. The van der Waals surface area contributed by atoms with Crippen LogP contribution in [0.1, 0.15) is 21.5 Å². The van der Waals surface area contributed by atoms with E-state index < -0.39 is 0 Å². The van der Waals surface area contributed by atoms with Crippen LogP contribution in [0.4, 0.5) is 0 Å². The summed E-state index contributed by atoms with van der Waals surface area (Å²) in [6, 6.07) is 11.8. The van der Waals surface area contributed by atoms with Crippen LogP contribution in [-0.2, 0) is 0 Å². The summed E-state index contributed by atoms with van der Waals surface area (Å²) in [7, 11) is 0. The zero-order valence-electron chi connectivity index (χ0n) is 10.8. The van der Waals surface area contributed by atoms with E-state index in [2.05, 4.69) is 11.1 Å². The summed E-state index contributed by atoms with van der Waals surface area (Å²) in [5, 5.41) is 0. The van der Waals surface area contributed by atoms with E-state index >= 15 is 0 Å². The minimum Gasteiger partial charge on any atom is -0.268 e. The molecule has 3 heteroatoms. The van der Waals surface area contributed by atoms with E-state index in [-0.39, 0.29) is 5.91 Å². The zero-order chi connectivity index (χ0) is 13.1. The monoisotopic (exact) mass is 248 g/mol. The smallest absolute Gasteiger partial charge is 0.265 e. The van der Waals surface area contributed by atoms with Crippen molar-refractivity contribution in [3.05, 3.63) is 53.1 Å². The maximum atomic E-state index is 12.7. The second kappa shape index (κ2) is 3.32. The third kappa shape index (κ3) is 1.17. The van der Waals surface area contributed by atoms with Gasteiger partial charge in [-0.05, 0) is 37.1 Å². The number of carbonyl (C=O) groups excluding carboxylic acids is 1. The molecule has 0 fully saturated rings. The average molecular weight is 248 g/mol. The summed E-state index contributed by atoms with van der Waals surface area (Å²) in [4.78, 5) is 17.3. The number of imidazole rings is 1. The van der Waals surface area contributed by atoms with Gasteiger partial charge in [-0.25, -0.2) is 4.98 Å². The Morgan fingerprint density at radius 3 is 2.42 bits per heavy atom. The second-order valence-corrected chi connectivity index (χ2v) is 5.01. The molecule has 2 heterocycles. The number of para-hydroxylation sites is 2. The predicted molar refractivity (Wildman–Crippen MR) is 74.4 cm³/mol. The van der Waals surface area contributed by atoms with Gasteiger partial charge in [0.25, 0.3) is 5.91 Å². The first-order chi connectivity index (χ1) is 9.18. The summed E-state index contributed by atoms with van der Waals surface area (Å²) in [5.41, 5.74) is 5.66. The van der Waals surface area contributed by atoms with Gasteiger partial charge >= 0.3 is 0 Å². The van der Waals surface area contributed by atoms with E-state index in [0.717, 1.165) is 39.1 Å². The maximum absolute atomic E-state index is 12.7. The van der Waals surface area contributed by atoms with E-state index in [1.165, 1.54) is 0 Å². The fraction of sp³-hybridized carbons (Fsp3) is 0.125. The van der Waals surface area contributed by atoms with E-state index in [9.17, 15) is 4.79 Å². The largest absolute Gasteiger partial charge is 0.268 e. The van der Waals surface area contributed by atoms with E-state index in [0.29, 0.717) is 0 Å². The second-order valence-electron chi connectivity index (χ2n) is 5.01. The fourth-order valence-corrected chi connectivity index (χ4v) is 2.89. The molecule has 2 aromatic carbocycles. The minimum absolute atomic E-state index is 0.0416. The van der Waals surface area contributed by atoms with Crippen LogP contribution in [0.3, 0.4) is 0 Å². The Hall–Kier alpha value is -2.42. The highest BCUT2D eigenvalue weighted by molar-refractivity contribution is 6.14. The van der Waals surface area contributed by atoms with Crippen LogP contribution in [0, 0.1) is 13.8 Å². The standard InChI is InChI=1S/C16H12N2O/c1-9-7-8-10(2)14-13(9)15-17-11-5-3-4-6-12(11)18(15)16(14)19/h3-8H,1-2H3. The molecule has 92 valence electrons. The molecule has 0 aliphatic carbocycles. The van der Waals surface area contributed by atoms with Gasteiger partial charge < -0.3 is 0 Å². The van der Waals surface area contributed by atoms with Crippen molar-refractivity contribution in [2.45, 2.75) is 13.8 Å². The number of nitrogens with zero attached hydrogens (tertiary/aromatic N) is 2. The van der Waals surface area contributed by atoms with Crippen molar-refractivity contribution < 1.29 is 4.79 Å². The molecule has 3 aromatic rings. The molecule has 19 heavy (non-hydrogen) atoms. The number of hydrogen-bond acceptors (Lipinski definition) is 2. The van der Waals surface area contributed by atoms with Gasteiger partial charge in [-0.15, -0.1) is 0 Å². The number of aromatic nitrogens is 2. The Balaban J connectivity index is 2.20. The molecule has 3 nitrogen and oxygen atoms in total. The summed E-state index contributed by atoms with van der Waals surface area (Å²) in [5.74, 6) is 0.822. The molecule has 0 bridgehead atoms. The normalized spacial score (nSPS) is 12.8. The molecule has 0 saturated heterocycles. The highest BCUT2D eigenvalue weighted by Gasteiger charge is 2.32. The Bertz CT molecular complexity index is 859. The van der Waals surface area contributed by atoms with Crippen LogP contribution in [-0.4, -0.2) is 15.5 Å². The molecule has 1 aliphatic heterocycles. The molecule has 0 amide bonds. The molecule has 4 rings (SSSR count). The first kappa shape index (κ1) is 10.5. The van der Waals surface area contributed by atoms with Crippen LogP contribution >= 0.6 is 0 Å². The van der Waals surface area contributed by atoms with Crippen molar-refractivity contribution in [2.24, 2.45) is 0 Å². The van der Waals surface area contributed by atoms with Gasteiger partial charge in [0.2, 0.25) is 0 Å². The highest BCUT2D eigenvalue weighted by atomic mass is 16.2. The number of fused-ring (bicyclic) bond motifs is 5. The highest BCUT2D eigenvalue weighted by Crippen LogP contribution is 2.38. The van der Waals surface area contributed by atoms with E-state index in [1.54, 1.807) is 4.57 Å². The van der Waals surface area contributed by atoms with Crippen molar-refractivity contribution >= 4 is 16.9 Å². The minimum atomic E-state index is 0.0416. The first-order valence-corrected chi connectivity index (χ1v) is 6.31. The third-order valence-corrected chi connectivity index (χ3v) is 3.82. The number of benzene rings is 2. The van der Waals surface area contributed by atoms with Crippen LogP contribution < -0.4 is 0 Å². The molecule has 0 unspecified atom stereocenters. The Kier molecular flexibility index (Phi) is 1.83. The lowest BCUT2D eigenvalue weighted by Gasteiger charge is -2.04. The van der Waals surface area contributed by atoms with Gasteiger partial charge in [-0.3, -0.25) is 9.36 Å². The molecular weight excluding hydrogens is 236 g/mol. The Labute approximate surface area is 110 Å². The van der Waals surface area contributed by atoms with Crippen LogP contribution in [0.25, 0.3) is 22.4 Å². The van der Waals surface area contributed by atoms with E-state index in [1.807, 2.05) is 44.2 Å². The maximum Gasteiger partial charge on any atom is 0.265 e. The Morgan fingerprint density at radius 2 is 1.63 bits per heavy atom. The lowest BCUT2D eigenvalue weighted by Crippen LogP contribution is -2.07. The molecule has 0 spiro atoms. The Morgan fingerprint density at radius 1 is 0.947 bits per heavy atom. The lowest BCUT2D eigenvalue weighted by atomic mass is 9.99. The zero-order valence-corrected chi connectivity index (χ0v) is 10.8. The summed E-state index contributed by atoms with van der Waals surface area (Å²) >= 11 is 0.